The maximum atomic E-state index is 12.7. The number of nitrogens with one attached hydrogen (secondary N) is 2. The molecule has 0 bridgehead atoms. The average Bonchev–Trinajstić information content (AvgIpc) is 3.48. The standard InChI is InChI=1S/C22H23N3O3S/c1-15-12-19(24-21(26)18-8-5-11-28-18)29-20(15)22(27)23-13-16-9-10-25(14-16)17-6-3-2-4-7-17/h2-8,11-12,16H,9-10,13-14H2,1H3,(H,23,27)(H,24,26). The first-order chi connectivity index (χ1) is 14.1. The number of amides is 2. The van der Waals surface area contributed by atoms with Gasteiger partial charge in [0.25, 0.3) is 11.8 Å². The van der Waals surface area contributed by atoms with Gasteiger partial charge in [0.1, 0.15) is 0 Å². The average molecular weight is 410 g/mol. The fourth-order valence-corrected chi connectivity index (χ4v) is 4.52. The van der Waals surface area contributed by atoms with E-state index in [9.17, 15) is 9.59 Å². The number of carbonyl (C=O) groups is 2. The van der Waals surface area contributed by atoms with Crippen LogP contribution in [0.1, 0.15) is 32.2 Å². The van der Waals surface area contributed by atoms with Gasteiger partial charge in [0, 0.05) is 25.3 Å². The van der Waals surface area contributed by atoms with E-state index in [1.165, 1.54) is 23.3 Å². The summed E-state index contributed by atoms with van der Waals surface area (Å²) in [4.78, 5) is 27.7. The molecule has 2 aromatic heterocycles. The number of hydrogen-bond donors (Lipinski definition) is 2. The van der Waals surface area contributed by atoms with Gasteiger partial charge in [0.2, 0.25) is 0 Å². The number of anilines is 2. The van der Waals surface area contributed by atoms with Crippen LogP contribution in [-0.4, -0.2) is 31.4 Å². The number of para-hydroxylation sites is 1. The molecule has 1 aliphatic rings. The Labute approximate surface area is 173 Å². The molecule has 0 spiro atoms. The molecular formula is C22H23N3O3S. The van der Waals surface area contributed by atoms with Crippen LogP contribution in [0.15, 0.2) is 59.2 Å². The quantitative estimate of drug-likeness (QED) is 0.641. The van der Waals surface area contributed by atoms with Gasteiger partial charge in [-0.05, 0) is 55.2 Å². The molecule has 3 heterocycles. The zero-order chi connectivity index (χ0) is 20.2. The van der Waals surface area contributed by atoms with Crippen LogP contribution >= 0.6 is 11.3 Å². The van der Waals surface area contributed by atoms with Crippen LogP contribution in [0, 0.1) is 12.8 Å². The van der Waals surface area contributed by atoms with E-state index in [-0.39, 0.29) is 17.6 Å². The smallest absolute Gasteiger partial charge is 0.291 e. The second-order valence-corrected chi connectivity index (χ2v) is 8.25. The minimum absolute atomic E-state index is 0.0934. The lowest BCUT2D eigenvalue weighted by molar-refractivity contribution is 0.0950. The molecule has 1 saturated heterocycles. The SMILES string of the molecule is Cc1cc(NC(=O)c2ccco2)sc1C(=O)NCC1CCN(c2ccccc2)C1. The van der Waals surface area contributed by atoms with Gasteiger partial charge in [0.05, 0.1) is 16.1 Å². The summed E-state index contributed by atoms with van der Waals surface area (Å²) < 4.78 is 5.10. The van der Waals surface area contributed by atoms with Gasteiger partial charge < -0.3 is 20.0 Å². The topological polar surface area (TPSA) is 74.6 Å². The molecule has 150 valence electrons. The molecule has 0 aliphatic carbocycles. The van der Waals surface area contributed by atoms with E-state index < -0.39 is 0 Å². The number of benzene rings is 1. The van der Waals surface area contributed by atoms with Gasteiger partial charge in [-0.1, -0.05) is 18.2 Å². The van der Waals surface area contributed by atoms with E-state index in [2.05, 4.69) is 27.7 Å². The Morgan fingerprint density at radius 3 is 2.76 bits per heavy atom. The summed E-state index contributed by atoms with van der Waals surface area (Å²) in [6, 6.07) is 15.4. The molecule has 3 aromatic rings. The number of rotatable bonds is 6. The van der Waals surface area contributed by atoms with Crippen molar-refractivity contribution in [1.29, 1.82) is 0 Å². The fraction of sp³-hybridized carbons (Fsp3) is 0.273. The Kier molecular flexibility index (Phi) is 5.67. The van der Waals surface area contributed by atoms with Crippen LogP contribution in [0.3, 0.4) is 0 Å². The van der Waals surface area contributed by atoms with Gasteiger partial charge >= 0.3 is 0 Å². The minimum Gasteiger partial charge on any atom is -0.459 e. The molecule has 7 heteroatoms. The highest BCUT2D eigenvalue weighted by atomic mass is 32.1. The molecule has 1 aliphatic heterocycles. The number of carbonyl (C=O) groups excluding carboxylic acids is 2. The van der Waals surface area contributed by atoms with Crippen LogP contribution in [0.25, 0.3) is 0 Å². The monoisotopic (exact) mass is 409 g/mol. The third-order valence-electron chi connectivity index (χ3n) is 5.06. The van der Waals surface area contributed by atoms with Gasteiger partial charge in [-0.15, -0.1) is 11.3 Å². The summed E-state index contributed by atoms with van der Waals surface area (Å²) in [5, 5.41) is 6.47. The van der Waals surface area contributed by atoms with Crippen LogP contribution < -0.4 is 15.5 Å². The molecule has 1 aromatic carbocycles. The van der Waals surface area contributed by atoms with Crippen molar-refractivity contribution in [3.63, 3.8) is 0 Å². The Morgan fingerprint density at radius 2 is 2.00 bits per heavy atom. The largest absolute Gasteiger partial charge is 0.459 e. The van der Waals surface area contributed by atoms with E-state index in [0.29, 0.717) is 22.3 Å². The van der Waals surface area contributed by atoms with Crippen molar-refractivity contribution in [2.24, 2.45) is 5.92 Å². The van der Waals surface area contributed by atoms with E-state index in [1.54, 1.807) is 12.1 Å². The van der Waals surface area contributed by atoms with Crippen molar-refractivity contribution >= 4 is 33.8 Å². The lowest BCUT2D eigenvalue weighted by atomic mass is 10.1. The van der Waals surface area contributed by atoms with E-state index in [0.717, 1.165) is 25.1 Å². The first-order valence-electron chi connectivity index (χ1n) is 9.63. The highest BCUT2D eigenvalue weighted by Gasteiger charge is 2.24. The Morgan fingerprint density at radius 1 is 1.17 bits per heavy atom. The molecule has 29 heavy (non-hydrogen) atoms. The molecule has 0 saturated carbocycles. The third kappa shape index (κ3) is 4.51. The summed E-state index contributed by atoms with van der Waals surface area (Å²) >= 11 is 1.28. The molecule has 6 nitrogen and oxygen atoms in total. The lowest BCUT2D eigenvalue weighted by Gasteiger charge is -2.18. The van der Waals surface area contributed by atoms with Crippen LogP contribution in [0.4, 0.5) is 10.7 Å². The molecule has 2 N–H and O–H groups in total. The minimum atomic E-state index is -0.324. The van der Waals surface area contributed by atoms with E-state index in [1.807, 2.05) is 31.2 Å². The first-order valence-corrected chi connectivity index (χ1v) is 10.5. The highest BCUT2D eigenvalue weighted by Crippen LogP contribution is 2.28. The predicted octanol–water partition coefficient (Wildman–Crippen LogP) is 4.16. The zero-order valence-corrected chi connectivity index (χ0v) is 17.0. The molecule has 0 radical (unpaired) electrons. The second kappa shape index (κ2) is 8.53. The summed E-state index contributed by atoms with van der Waals surface area (Å²) in [5.74, 6) is 0.253. The molecular weight excluding hydrogens is 386 g/mol. The summed E-state index contributed by atoms with van der Waals surface area (Å²) in [6.07, 6.45) is 2.51. The fourth-order valence-electron chi connectivity index (χ4n) is 3.54. The van der Waals surface area contributed by atoms with Crippen molar-refractivity contribution in [3.8, 4) is 0 Å². The van der Waals surface area contributed by atoms with Gasteiger partial charge in [-0.3, -0.25) is 9.59 Å². The van der Waals surface area contributed by atoms with Gasteiger partial charge in [-0.25, -0.2) is 0 Å². The maximum absolute atomic E-state index is 12.7. The van der Waals surface area contributed by atoms with Crippen molar-refractivity contribution in [1.82, 2.24) is 5.32 Å². The Hall–Kier alpha value is -3.06. The molecule has 1 unspecified atom stereocenters. The molecule has 1 fully saturated rings. The molecule has 4 rings (SSSR count). The van der Waals surface area contributed by atoms with Crippen molar-refractivity contribution in [2.45, 2.75) is 13.3 Å². The Bertz CT molecular complexity index is 982. The normalized spacial score (nSPS) is 16.0. The number of aryl methyl sites for hydroxylation is 1. The van der Waals surface area contributed by atoms with Crippen molar-refractivity contribution < 1.29 is 14.0 Å². The van der Waals surface area contributed by atoms with Gasteiger partial charge in [-0.2, -0.15) is 0 Å². The van der Waals surface area contributed by atoms with Gasteiger partial charge in [0.15, 0.2) is 5.76 Å². The predicted molar refractivity (Wildman–Crippen MR) is 115 cm³/mol. The van der Waals surface area contributed by atoms with Crippen LogP contribution in [0.2, 0.25) is 0 Å². The first kappa shape index (κ1) is 19.3. The zero-order valence-electron chi connectivity index (χ0n) is 16.2. The summed E-state index contributed by atoms with van der Waals surface area (Å²) in [6.45, 7) is 4.47. The number of hydrogen-bond acceptors (Lipinski definition) is 5. The third-order valence-corrected chi connectivity index (χ3v) is 6.22. The maximum Gasteiger partial charge on any atom is 0.291 e. The number of thiophene rings is 1. The summed E-state index contributed by atoms with van der Waals surface area (Å²) in [7, 11) is 0. The van der Waals surface area contributed by atoms with Crippen LogP contribution in [-0.2, 0) is 0 Å². The second-order valence-electron chi connectivity index (χ2n) is 7.20. The highest BCUT2D eigenvalue weighted by molar-refractivity contribution is 7.18. The number of furan rings is 1. The lowest BCUT2D eigenvalue weighted by Crippen LogP contribution is -2.30. The molecule has 2 amide bonds. The summed E-state index contributed by atoms with van der Waals surface area (Å²) in [5.41, 5.74) is 2.08. The van der Waals surface area contributed by atoms with E-state index in [4.69, 9.17) is 4.42 Å². The molecule has 1 atom stereocenters. The van der Waals surface area contributed by atoms with Crippen LogP contribution in [0.5, 0.6) is 0 Å². The van der Waals surface area contributed by atoms with Crippen molar-refractivity contribution in [3.05, 3.63) is 71.0 Å². The number of nitrogens with zero attached hydrogens (tertiary/aromatic N) is 1. The Balaban J connectivity index is 1.31. The van der Waals surface area contributed by atoms with E-state index >= 15 is 0 Å². The van der Waals surface area contributed by atoms with Crippen molar-refractivity contribution in [2.75, 3.05) is 29.9 Å².